The van der Waals surface area contributed by atoms with Crippen LogP contribution in [-0.2, 0) is 6.42 Å². The van der Waals surface area contributed by atoms with Crippen LogP contribution in [0, 0.1) is 0 Å². The Morgan fingerprint density at radius 2 is 1.57 bits per heavy atom. The molecule has 0 saturated heterocycles. The van der Waals surface area contributed by atoms with Crippen molar-refractivity contribution >= 4 is 11.5 Å². The third-order valence-electron chi connectivity index (χ3n) is 3.30. The fourth-order valence-corrected chi connectivity index (χ4v) is 2.15. The first-order valence-corrected chi connectivity index (χ1v) is 6.73. The quantitative estimate of drug-likeness (QED) is 0.721. The summed E-state index contributed by atoms with van der Waals surface area (Å²) in [5, 5.41) is 0. The normalized spacial score (nSPS) is 10.5. The molecular weight excluding hydrogens is 260 g/mol. The Morgan fingerprint density at radius 1 is 0.857 bits per heavy atom. The SMILES string of the molecule is Nc1ccc(-c2cnc(N)c(Cc3ccccc3)n2)cc1. The fourth-order valence-electron chi connectivity index (χ4n) is 2.15. The van der Waals surface area contributed by atoms with Crippen molar-refractivity contribution in [2.75, 3.05) is 11.5 Å². The lowest BCUT2D eigenvalue weighted by Crippen LogP contribution is -2.03. The van der Waals surface area contributed by atoms with Gasteiger partial charge in [-0.3, -0.25) is 0 Å². The van der Waals surface area contributed by atoms with E-state index >= 15 is 0 Å². The Labute approximate surface area is 123 Å². The highest BCUT2D eigenvalue weighted by atomic mass is 14.9. The summed E-state index contributed by atoms with van der Waals surface area (Å²) in [6, 6.07) is 17.7. The van der Waals surface area contributed by atoms with Crippen LogP contribution in [0.2, 0.25) is 0 Å². The summed E-state index contributed by atoms with van der Waals surface area (Å²) in [7, 11) is 0. The summed E-state index contributed by atoms with van der Waals surface area (Å²) in [5.74, 6) is 0.470. The predicted octanol–water partition coefficient (Wildman–Crippen LogP) is 2.90. The second kappa shape index (κ2) is 5.63. The van der Waals surface area contributed by atoms with Crippen LogP contribution in [0.1, 0.15) is 11.3 Å². The lowest BCUT2D eigenvalue weighted by molar-refractivity contribution is 1.05. The molecule has 3 rings (SSSR count). The highest BCUT2D eigenvalue weighted by Gasteiger charge is 2.07. The molecular formula is C17H16N4. The zero-order valence-electron chi connectivity index (χ0n) is 11.5. The Kier molecular flexibility index (Phi) is 3.51. The van der Waals surface area contributed by atoms with E-state index in [1.54, 1.807) is 6.20 Å². The molecule has 2 aromatic carbocycles. The molecule has 4 N–H and O–H groups in total. The Bertz CT molecular complexity index is 736. The molecule has 0 aliphatic rings. The van der Waals surface area contributed by atoms with E-state index in [2.05, 4.69) is 22.1 Å². The summed E-state index contributed by atoms with van der Waals surface area (Å²) in [6.45, 7) is 0. The second-order valence-electron chi connectivity index (χ2n) is 4.87. The van der Waals surface area contributed by atoms with E-state index in [0.717, 1.165) is 28.2 Å². The third-order valence-corrected chi connectivity index (χ3v) is 3.30. The molecule has 104 valence electrons. The molecule has 0 spiro atoms. The maximum absolute atomic E-state index is 5.95. The molecule has 21 heavy (non-hydrogen) atoms. The molecule has 0 unspecified atom stereocenters. The molecule has 1 aromatic heterocycles. The van der Waals surface area contributed by atoms with E-state index in [9.17, 15) is 0 Å². The van der Waals surface area contributed by atoms with Crippen molar-refractivity contribution in [1.29, 1.82) is 0 Å². The van der Waals surface area contributed by atoms with Gasteiger partial charge in [-0.2, -0.15) is 0 Å². The molecule has 3 aromatic rings. The van der Waals surface area contributed by atoms with Gasteiger partial charge in [-0.25, -0.2) is 9.97 Å². The Hall–Kier alpha value is -2.88. The van der Waals surface area contributed by atoms with Gasteiger partial charge in [0.2, 0.25) is 0 Å². The van der Waals surface area contributed by atoms with Crippen LogP contribution in [0.5, 0.6) is 0 Å². The number of anilines is 2. The van der Waals surface area contributed by atoms with Crippen LogP contribution in [0.4, 0.5) is 11.5 Å². The molecule has 0 radical (unpaired) electrons. The summed E-state index contributed by atoms with van der Waals surface area (Å²) in [5.41, 5.74) is 16.1. The largest absolute Gasteiger partial charge is 0.399 e. The van der Waals surface area contributed by atoms with Crippen LogP contribution in [0.25, 0.3) is 11.3 Å². The third kappa shape index (κ3) is 3.00. The smallest absolute Gasteiger partial charge is 0.145 e. The molecule has 1 heterocycles. The fraction of sp³-hybridized carbons (Fsp3) is 0.0588. The first-order valence-electron chi connectivity index (χ1n) is 6.73. The van der Waals surface area contributed by atoms with Crippen molar-refractivity contribution in [1.82, 2.24) is 9.97 Å². The van der Waals surface area contributed by atoms with E-state index in [-0.39, 0.29) is 0 Å². The van der Waals surface area contributed by atoms with Crippen molar-refractivity contribution in [3.63, 3.8) is 0 Å². The monoisotopic (exact) mass is 276 g/mol. The number of benzene rings is 2. The molecule has 0 atom stereocenters. The van der Waals surface area contributed by atoms with Gasteiger partial charge in [-0.1, -0.05) is 42.5 Å². The van der Waals surface area contributed by atoms with Crippen LogP contribution in [0.3, 0.4) is 0 Å². The van der Waals surface area contributed by atoms with Crippen molar-refractivity contribution < 1.29 is 0 Å². The van der Waals surface area contributed by atoms with Gasteiger partial charge in [0.15, 0.2) is 0 Å². The lowest BCUT2D eigenvalue weighted by atomic mass is 10.1. The van der Waals surface area contributed by atoms with Gasteiger partial charge in [0.25, 0.3) is 0 Å². The van der Waals surface area contributed by atoms with Gasteiger partial charge in [0, 0.05) is 17.7 Å². The topological polar surface area (TPSA) is 77.8 Å². The van der Waals surface area contributed by atoms with E-state index in [4.69, 9.17) is 11.5 Å². The summed E-state index contributed by atoms with van der Waals surface area (Å²) in [4.78, 5) is 8.90. The maximum Gasteiger partial charge on any atom is 0.145 e. The van der Waals surface area contributed by atoms with Crippen LogP contribution < -0.4 is 11.5 Å². The number of hydrogen-bond acceptors (Lipinski definition) is 4. The van der Waals surface area contributed by atoms with Crippen LogP contribution >= 0.6 is 0 Å². The minimum Gasteiger partial charge on any atom is -0.399 e. The Balaban J connectivity index is 1.94. The number of rotatable bonds is 3. The second-order valence-corrected chi connectivity index (χ2v) is 4.87. The zero-order chi connectivity index (χ0) is 14.7. The molecule has 0 aliphatic carbocycles. The van der Waals surface area contributed by atoms with Crippen LogP contribution in [-0.4, -0.2) is 9.97 Å². The van der Waals surface area contributed by atoms with E-state index in [1.807, 2.05) is 42.5 Å². The Morgan fingerprint density at radius 3 is 2.29 bits per heavy atom. The number of nitrogens with two attached hydrogens (primary N) is 2. The van der Waals surface area contributed by atoms with Crippen molar-refractivity contribution in [2.45, 2.75) is 6.42 Å². The van der Waals surface area contributed by atoms with Gasteiger partial charge in [-0.15, -0.1) is 0 Å². The van der Waals surface area contributed by atoms with Gasteiger partial charge < -0.3 is 11.5 Å². The average molecular weight is 276 g/mol. The lowest BCUT2D eigenvalue weighted by Gasteiger charge is -2.07. The zero-order valence-corrected chi connectivity index (χ0v) is 11.5. The highest BCUT2D eigenvalue weighted by Crippen LogP contribution is 2.21. The maximum atomic E-state index is 5.95. The van der Waals surface area contributed by atoms with E-state index < -0.39 is 0 Å². The predicted molar refractivity (Wildman–Crippen MR) is 85.5 cm³/mol. The molecule has 0 bridgehead atoms. The number of hydrogen-bond donors (Lipinski definition) is 2. The van der Waals surface area contributed by atoms with Crippen molar-refractivity contribution in [3.05, 3.63) is 72.1 Å². The molecule has 0 aliphatic heterocycles. The highest BCUT2D eigenvalue weighted by molar-refractivity contribution is 5.62. The molecule has 0 fully saturated rings. The molecule has 4 heteroatoms. The van der Waals surface area contributed by atoms with E-state index in [1.165, 1.54) is 0 Å². The molecule has 0 amide bonds. The number of nitrogens with zero attached hydrogens (tertiary/aromatic N) is 2. The minimum atomic E-state index is 0.470. The first-order chi connectivity index (χ1) is 10.2. The van der Waals surface area contributed by atoms with Gasteiger partial charge >= 0.3 is 0 Å². The molecule has 4 nitrogen and oxygen atoms in total. The van der Waals surface area contributed by atoms with Gasteiger partial charge in [-0.05, 0) is 17.7 Å². The summed E-state index contributed by atoms with van der Waals surface area (Å²) >= 11 is 0. The van der Waals surface area contributed by atoms with Crippen molar-refractivity contribution in [2.24, 2.45) is 0 Å². The summed E-state index contributed by atoms with van der Waals surface area (Å²) < 4.78 is 0. The molecule has 0 saturated carbocycles. The number of nitrogen functional groups attached to an aromatic ring is 2. The number of aromatic nitrogens is 2. The minimum absolute atomic E-state index is 0.470. The van der Waals surface area contributed by atoms with Gasteiger partial charge in [0.1, 0.15) is 5.82 Å². The van der Waals surface area contributed by atoms with Crippen molar-refractivity contribution in [3.8, 4) is 11.3 Å². The van der Waals surface area contributed by atoms with Gasteiger partial charge in [0.05, 0.1) is 17.6 Å². The average Bonchev–Trinajstić information content (AvgIpc) is 2.51. The van der Waals surface area contributed by atoms with Crippen LogP contribution in [0.15, 0.2) is 60.8 Å². The first kappa shape index (κ1) is 13.1. The summed E-state index contributed by atoms with van der Waals surface area (Å²) in [6.07, 6.45) is 2.36. The van der Waals surface area contributed by atoms with E-state index in [0.29, 0.717) is 12.2 Å². The standard InChI is InChI=1S/C17H16N4/c18-14-8-6-13(7-9-14)16-11-20-17(19)15(21-16)10-12-4-2-1-3-5-12/h1-9,11H,10,18H2,(H2,19,20).